The number of phenols is 1. The molecule has 0 fully saturated rings. The van der Waals surface area contributed by atoms with Gasteiger partial charge in [-0.15, -0.1) is 0 Å². The lowest BCUT2D eigenvalue weighted by molar-refractivity contribution is 0.0109. The average molecular weight is 381 g/mol. The summed E-state index contributed by atoms with van der Waals surface area (Å²) >= 11 is 0. The van der Waals surface area contributed by atoms with E-state index in [9.17, 15) is 10.2 Å². The molecular weight excluding hydrogens is 340 g/mol. The molecule has 0 bridgehead atoms. The van der Waals surface area contributed by atoms with Crippen LogP contribution in [-0.4, -0.2) is 36.1 Å². The van der Waals surface area contributed by atoms with Crippen LogP contribution in [0.5, 0.6) is 11.5 Å². The monoisotopic (exact) mass is 380 g/mol. The van der Waals surface area contributed by atoms with Gasteiger partial charge in [0.05, 0.1) is 6.61 Å². The van der Waals surface area contributed by atoms with E-state index < -0.39 is 6.10 Å². The topological polar surface area (TPSA) is 58.9 Å². The lowest BCUT2D eigenvalue weighted by Crippen LogP contribution is -2.23. The zero-order valence-corrected chi connectivity index (χ0v) is 17.4. The van der Waals surface area contributed by atoms with Crippen LogP contribution in [0.15, 0.2) is 18.2 Å². The van der Waals surface area contributed by atoms with Crippen LogP contribution in [0, 0.1) is 6.92 Å². The summed E-state index contributed by atoms with van der Waals surface area (Å²) in [5, 5.41) is 19.5. The zero-order valence-electron chi connectivity index (χ0n) is 17.4. The second-order valence-electron chi connectivity index (χ2n) is 7.52. The van der Waals surface area contributed by atoms with Gasteiger partial charge in [0.1, 0.15) is 24.2 Å². The maximum atomic E-state index is 9.90. The fourth-order valence-corrected chi connectivity index (χ4v) is 3.01. The van der Waals surface area contributed by atoms with Crippen molar-refractivity contribution in [2.45, 2.75) is 90.6 Å². The van der Waals surface area contributed by atoms with Gasteiger partial charge in [0.25, 0.3) is 0 Å². The molecule has 2 N–H and O–H groups in total. The predicted octanol–water partition coefficient (Wildman–Crippen LogP) is 5.77. The molecule has 1 aromatic rings. The number of hydrogen-bond acceptors (Lipinski definition) is 4. The lowest BCUT2D eigenvalue weighted by atomic mass is 10.1. The molecule has 4 nitrogen and oxygen atoms in total. The highest BCUT2D eigenvalue weighted by atomic mass is 16.5. The molecule has 1 unspecified atom stereocenters. The van der Waals surface area contributed by atoms with Crippen molar-refractivity contribution in [1.82, 2.24) is 0 Å². The Morgan fingerprint density at radius 2 is 1.44 bits per heavy atom. The Balaban J connectivity index is 1.88. The highest BCUT2D eigenvalue weighted by Crippen LogP contribution is 2.22. The fourth-order valence-electron chi connectivity index (χ4n) is 3.01. The van der Waals surface area contributed by atoms with Crippen LogP contribution in [0.3, 0.4) is 0 Å². The standard InChI is InChI=1S/C23H40O4/c1-3-4-5-6-7-8-9-10-11-12-13-16-26-18-21(24)19-27-22-15-14-20(2)23(25)17-22/h14-15,17,21,24-25H,3-13,16,18-19H2,1-2H3. The number of benzene rings is 1. The van der Waals surface area contributed by atoms with E-state index in [1.54, 1.807) is 18.2 Å². The number of hydrogen-bond donors (Lipinski definition) is 2. The number of unbranched alkanes of at least 4 members (excludes halogenated alkanes) is 10. The van der Waals surface area contributed by atoms with E-state index in [-0.39, 0.29) is 19.0 Å². The molecule has 1 atom stereocenters. The molecule has 156 valence electrons. The van der Waals surface area contributed by atoms with Gasteiger partial charge >= 0.3 is 0 Å². The number of aromatic hydroxyl groups is 1. The highest BCUT2D eigenvalue weighted by molar-refractivity contribution is 5.38. The second-order valence-corrected chi connectivity index (χ2v) is 7.52. The molecule has 0 aliphatic rings. The van der Waals surface area contributed by atoms with Crippen molar-refractivity contribution >= 4 is 0 Å². The Kier molecular flexibility index (Phi) is 13.9. The van der Waals surface area contributed by atoms with Gasteiger partial charge in [0.15, 0.2) is 0 Å². The SMILES string of the molecule is CCCCCCCCCCCCCOCC(O)COc1ccc(C)c(O)c1. The summed E-state index contributed by atoms with van der Waals surface area (Å²) in [6, 6.07) is 5.14. The van der Waals surface area contributed by atoms with E-state index in [0.717, 1.165) is 12.0 Å². The molecule has 0 saturated heterocycles. The molecule has 0 amide bonds. The van der Waals surface area contributed by atoms with E-state index in [2.05, 4.69) is 6.92 Å². The van der Waals surface area contributed by atoms with Crippen molar-refractivity contribution in [2.24, 2.45) is 0 Å². The number of aryl methyl sites for hydroxylation is 1. The van der Waals surface area contributed by atoms with Gasteiger partial charge in [-0.25, -0.2) is 0 Å². The second kappa shape index (κ2) is 15.8. The van der Waals surface area contributed by atoms with Crippen LogP contribution in [0.4, 0.5) is 0 Å². The first-order chi connectivity index (χ1) is 13.1. The Labute approximate surface area is 165 Å². The molecule has 0 aliphatic carbocycles. The fraction of sp³-hybridized carbons (Fsp3) is 0.739. The van der Waals surface area contributed by atoms with Gasteiger partial charge in [-0.05, 0) is 25.0 Å². The third-order valence-electron chi connectivity index (χ3n) is 4.83. The molecule has 0 spiro atoms. The zero-order chi connectivity index (χ0) is 19.7. The van der Waals surface area contributed by atoms with E-state index >= 15 is 0 Å². The van der Waals surface area contributed by atoms with Crippen molar-refractivity contribution in [3.05, 3.63) is 23.8 Å². The van der Waals surface area contributed by atoms with Crippen molar-refractivity contribution in [2.75, 3.05) is 19.8 Å². The summed E-state index contributed by atoms with van der Waals surface area (Å²) in [4.78, 5) is 0. The van der Waals surface area contributed by atoms with Gasteiger partial charge in [-0.1, -0.05) is 77.2 Å². The number of aliphatic hydroxyl groups excluding tert-OH is 1. The number of phenolic OH excluding ortho intramolecular Hbond substituents is 1. The Morgan fingerprint density at radius 1 is 0.852 bits per heavy atom. The highest BCUT2D eigenvalue weighted by Gasteiger charge is 2.06. The summed E-state index contributed by atoms with van der Waals surface area (Å²) in [7, 11) is 0. The number of aliphatic hydroxyl groups is 1. The van der Waals surface area contributed by atoms with Gasteiger partial charge < -0.3 is 19.7 Å². The molecule has 0 radical (unpaired) electrons. The first-order valence-corrected chi connectivity index (χ1v) is 10.8. The van der Waals surface area contributed by atoms with Crippen LogP contribution in [0.25, 0.3) is 0 Å². The first-order valence-electron chi connectivity index (χ1n) is 10.8. The summed E-state index contributed by atoms with van der Waals surface area (Å²) in [6.07, 6.45) is 13.8. The Hall–Kier alpha value is -1.26. The molecule has 0 aliphatic heterocycles. The molecular formula is C23H40O4. The van der Waals surface area contributed by atoms with Crippen LogP contribution in [0.2, 0.25) is 0 Å². The lowest BCUT2D eigenvalue weighted by Gasteiger charge is -2.13. The van der Waals surface area contributed by atoms with Gasteiger partial charge in [-0.2, -0.15) is 0 Å². The third kappa shape index (κ3) is 12.7. The van der Waals surface area contributed by atoms with Crippen molar-refractivity contribution in [3.63, 3.8) is 0 Å². The molecule has 0 heterocycles. The van der Waals surface area contributed by atoms with Crippen LogP contribution in [0.1, 0.15) is 83.1 Å². The molecule has 1 aromatic carbocycles. The van der Waals surface area contributed by atoms with Crippen molar-refractivity contribution < 1.29 is 19.7 Å². The largest absolute Gasteiger partial charge is 0.508 e. The molecule has 4 heteroatoms. The Morgan fingerprint density at radius 3 is 2.04 bits per heavy atom. The predicted molar refractivity (Wildman–Crippen MR) is 112 cm³/mol. The van der Waals surface area contributed by atoms with Gasteiger partial charge in [0, 0.05) is 12.7 Å². The van der Waals surface area contributed by atoms with Crippen LogP contribution >= 0.6 is 0 Å². The summed E-state index contributed by atoms with van der Waals surface area (Å²) in [5.74, 6) is 0.761. The summed E-state index contributed by atoms with van der Waals surface area (Å²) < 4.78 is 11.0. The minimum Gasteiger partial charge on any atom is -0.508 e. The quantitative estimate of drug-likeness (QED) is 0.337. The third-order valence-corrected chi connectivity index (χ3v) is 4.83. The maximum absolute atomic E-state index is 9.90. The van der Waals surface area contributed by atoms with E-state index in [0.29, 0.717) is 12.4 Å². The normalized spacial score (nSPS) is 12.3. The molecule has 1 rings (SSSR count). The van der Waals surface area contributed by atoms with E-state index in [1.165, 1.54) is 64.2 Å². The molecule has 0 saturated carbocycles. The van der Waals surface area contributed by atoms with Gasteiger partial charge in [0.2, 0.25) is 0 Å². The summed E-state index contributed by atoms with van der Waals surface area (Å²) in [6.45, 7) is 5.24. The van der Waals surface area contributed by atoms with Gasteiger partial charge in [-0.3, -0.25) is 0 Å². The molecule has 27 heavy (non-hydrogen) atoms. The minimum atomic E-state index is -0.652. The number of rotatable bonds is 17. The smallest absolute Gasteiger partial charge is 0.123 e. The van der Waals surface area contributed by atoms with Crippen molar-refractivity contribution in [3.8, 4) is 11.5 Å². The maximum Gasteiger partial charge on any atom is 0.123 e. The van der Waals surface area contributed by atoms with Crippen LogP contribution in [-0.2, 0) is 4.74 Å². The van der Waals surface area contributed by atoms with Crippen molar-refractivity contribution in [1.29, 1.82) is 0 Å². The Bertz CT molecular complexity index is 475. The first kappa shape index (κ1) is 23.8. The number of ether oxygens (including phenoxy) is 2. The average Bonchev–Trinajstić information content (AvgIpc) is 2.66. The summed E-state index contributed by atoms with van der Waals surface area (Å²) in [5.41, 5.74) is 0.804. The molecule has 0 aromatic heterocycles. The van der Waals surface area contributed by atoms with Crippen LogP contribution < -0.4 is 4.74 Å². The minimum absolute atomic E-state index is 0.167. The van der Waals surface area contributed by atoms with E-state index in [4.69, 9.17) is 9.47 Å². The van der Waals surface area contributed by atoms with E-state index in [1.807, 2.05) is 6.92 Å².